The molecule has 0 aliphatic heterocycles. The molecule has 0 atom stereocenters. The Kier molecular flexibility index (Phi) is 26.4. The molecule has 25 aromatic carbocycles. The summed E-state index contributed by atoms with van der Waals surface area (Å²) in [6, 6.07) is 200. The molecule has 0 bridgehead atoms. The molecule has 26 rings (SSSR count). The van der Waals surface area contributed by atoms with Gasteiger partial charge in [0.2, 0.25) is 0 Å². The number of nitrogens with zero attached hydrogens (tertiary/aromatic N) is 2. The molecule has 0 spiro atoms. The van der Waals surface area contributed by atoms with Crippen molar-refractivity contribution >= 4 is 161 Å². The Labute approximate surface area is 847 Å². The van der Waals surface area contributed by atoms with Crippen LogP contribution in [0.2, 0.25) is 1.41 Å². The van der Waals surface area contributed by atoms with Crippen LogP contribution >= 0.6 is 20.4 Å². The summed E-state index contributed by atoms with van der Waals surface area (Å²) in [6.07, 6.45) is 0. The van der Waals surface area contributed by atoms with Crippen LogP contribution in [0.3, 0.4) is 0 Å². The Morgan fingerprint density at radius 2 is 0.525 bits per heavy atom. The number of hydrogen-bond donors (Lipinski definition) is 1. The number of benzene rings is 25. The fourth-order valence-electron chi connectivity index (χ4n) is 20.0. The van der Waals surface area contributed by atoms with Gasteiger partial charge in [-0.15, -0.1) is 23.5 Å². The van der Waals surface area contributed by atoms with Gasteiger partial charge in [-0.3, -0.25) is 5.15 Å². The molecule has 1 radical (unpaired) electrons. The predicted octanol–water partition coefficient (Wildman–Crippen LogP) is 39.9. The van der Waals surface area contributed by atoms with E-state index in [1.807, 2.05) is 41.7 Å². The Hall–Kier alpha value is -16.9. The van der Waals surface area contributed by atoms with Crippen molar-refractivity contribution in [3.8, 4) is 89.0 Å². The van der Waals surface area contributed by atoms with Crippen LogP contribution in [0.15, 0.2) is 540 Å². The van der Waals surface area contributed by atoms with E-state index in [4.69, 9.17) is 1.41 Å². The van der Waals surface area contributed by atoms with Crippen molar-refractivity contribution in [3.05, 3.63) is 558 Å². The van der Waals surface area contributed by atoms with Crippen molar-refractivity contribution in [2.75, 3.05) is 9.80 Å². The van der Waals surface area contributed by atoms with Gasteiger partial charge in [0.1, 0.15) is 0 Å². The van der Waals surface area contributed by atoms with Gasteiger partial charge in [-0.1, -0.05) is 407 Å². The molecule has 6 heteroatoms. The third-order valence-corrected chi connectivity index (χ3v) is 28.0. The largest absolute Gasteiger partial charge is 0.310 e. The summed E-state index contributed by atoms with van der Waals surface area (Å²) in [5.74, 6) is 0. The summed E-state index contributed by atoms with van der Waals surface area (Å²) in [4.78, 5) is 4.69. The number of thiophene rings is 1. The zero-order chi connectivity index (χ0) is 94.7. The maximum absolute atomic E-state index is 5.75. The van der Waals surface area contributed by atoms with Crippen molar-refractivity contribution < 1.29 is 24.4 Å². The summed E-state index contributed by atoms with van der Waals surface area (Å²) in [6.45, 7) is 2.09. The van der Waals surface area contributed by atoms with Crippen LogP contribution in [-0.2, 0) is 20.1 Å². The molecule has 3 nitrogen and oxygen atoms in total. The van der Waals surface area contributed by atoms with E-state index in [1.54, 1.807) is 0 Å². The van der Waals surface area contributed by atoms with Crippen LogP contribution in [0.1, 0.15) is 8.42 Å². The van der Waals surface area contributed by atoms with Crippen molar-refractivity contribution in [1.82, 2.24) is 0 Å². The zero-order valence-corrected chi connectivity index (χ0v) is 81.7. The quantitative estimate of drug-likeness (QED) is 0.0668. The number of fused-ring (bicyclic) bond motifs is 17. The predicted molar refractivity (Wildman–Crippen MR) is 609 cm³/mol. The van der Waals surface area contributed by atoms with Gasteiger partial charge in [0.15, 0.2) is 1.41 Å². The first kappa shape index (κ1) is 89.4. The van der Waals surface area contributed by atoms with E-state index in [0.29, 0.717) is 0 Å². The first-order valence-electron chi connectivity index (χ1n) is 47.9. The monoisotopic (exact) mass is 2020 g/mol. The third kappa shape index (κ3) is 18.7. The molecule has 0 aliphatic carbocycles. The molecule has 0 aliphatic rings. The number of anilines is 6. The maximum Gasteiger partial charge on any atom is 0.192 e. The van der Waals surface area contributed by atoms with Crippen LogP contribution in [0.4, 0.5) is 34.1 Å². The minimum atomic E-state index is 0. The summed E-state index contributed by atoms with van der Waals surface area (Å²) in [5, 5.41) is 25.8. The Morgan fingerprint density at radius 1 is 0.234 bits per heavy atom. The van der Waals surface area contributed by atoms with E-state index >= 15 is 0 Å². The molecule has 0 unspecified atom stereocenters. The molecule has 0 saturated carbocycles. The topological polar surface area (TPSA) is 30.3 Å². The first-order valence-corrected chi connectivity index (χ1v) is 48.7. The molecule has 0 saturated heterocycles. The third-order valence-electron chi connectivity index (χ3n) is 26.8. The molecule has 0 amide bonds. The van der Waals surface area contributed by atoms with Crippen LogP contribution in [0.25, 0.3) is 195 Å². The second-order valence-electron chi connectivity index (χ2n) is 35.1. The molecule has 0 fully saturated rings. The normalized spacial score (nSPS) is 11.1. The molecule has 675 valence electrons. The standard InChI is InChI=1S/C44H32N2.C42H28.C36H22S.C13H10.Ir.H2NP.2H2/c1-3-17-37(18-4-1)45(43-23-11-15-35-13-7-9-21-41(35)43)39-29-25-33(26-30-39)34-27-31-40(32-28-34)46(38-19-5-2-6-20-38)44-24-12-16-36-14-8-10-22-42(36)44;1-2-10-29(11-3-1)30-20-22-31(23-21-30)32-12-8-13-33(26-32)34-14-9-15-35(27-34)36-24-25-41-39-18-5-4-16-37(39)38-17-6-7-19-40(38)42(41)28-36;1-2-13-29-27(11-1)28-12-3-4-14-30(28)34-22-24(19-20-31(29)34)23-9-7-10-25(21-23)26-16-8-17-33-32-15-5-6-18-35(32)37-36(26)33;1-11-7-5-6-10-13(11)12-8-3-2-4-9-12;;1-2;;/h1-32H;1-28H;1-22H;2-8H,1H3;;1-2H;2*1H/q;;;-2;;;;/i/hD. The smallest absolute Gasteiger partial charge is 0.192 e. The van der Waals surface area contributed by atoms with Gasteiger partial charge in [-0.25, -0.2) is 11.1 Å². The van der Waals surface area contributed by atoms with E-state index in [9.17, 15) is 0 Å². The van der Waals surface area contributed by atoms with Gasteiger partial charge in [-0.05, 0) is 259 Å². The van der Waals surface area contributed by atoms with E-state index in [1.165, 1.54) is 190 Å². The summed E-state index contributed by atoms with van der Waals surface area (Å²) in [7, 11) is 2.48. The van der Waals surface area contributed by atoms with E-state index in [0.717, 1.165) is 45.3 Å². The number of nitrogens with one attached hydrogen (secondary N) is 1. The average molecular weight is 2020 g/mol. The number of para-hydroxylation sites is 2. The van der Waals surface area contributed by atoms with Crippen molar-refractivity contribution in [3.63, 3.8) is 0 Å². The zero-order valence-electron chi connectivity index (χ0n) is 78.5. The molecular weight excluding hydrogens is 1920 g/mol. The molecule has 1 heterocycles. The number of aryl methyl sites for hydroxylation is 1. The Morgan fingerprint density at radius 3 is 0.965 bits per heavy atom. The molecule has 1 aromatic heterocycles. The van der Waals surface area contributed by atoms with Gasteiger partial charge < -0.3 is 9.80 Å². The number of rotatable bonds is 14. The summed E-state index contributed by atoms with van der Waals surface area (Å²) in [5.41, 5.74) is 27.6. The SMILES string of the molecule is Cc1ccc[c-]c1-c1[c-]cccc1.[2H]N=P.[HH].[HH].[Ir].c1cc(-c2ccc3c4ccccc4c4ccccc4c3c2)cc(-c2cccc3c2sc2ccccc23)c1.c1ccc(-c2ccc(-c3cccc(-c4cccc(-c5ccc6c7ccccc7c7ccccc7c6c5)c4)c3)cc2)cc1.c1ccc(N(c2ccc(-c3ccc(N(c4ccccc4)c4cccc5ccccc45)cc3)cc2)c2cccc3ccccc23)cc1. The van der Waals surface area contributed by atoms with Crippen molar-refractivity contribution in [2.24, 2.45) is 0 Å². The molecular formula is C135H98IrN3PS-2. The maximum atomic E-state index is 5.75. The van der Waals surface area contributed by atoms with E-state index < -0.39 is 0 Å². The summed E-state index contributed by atoms with van der Waals surface area (Å²) >= 11 is 1.89. The van der Waals surface area contributed by atoms with Crippen LogP contribution < -0.4 is 9.80 Å². The molecule has 141 heavy (non-hydrogen) atoms. The fourth-order valence-corrected chi connectivity index (χ4v) is 21.3. The molecule has 26 aromatic rings. The van der Waals surface area contributed by atoms with Gasteiger partial charge >= 0.3 is 0 Å². The Balaban J connectivity index is 0.000000126. The van der Waals surface area contributed by atoms with Gasteiger partial charge in [0.25, 0.3) is 0 Å². The van der Waals surface area contributed by atoms with Crippen LogP contribution in [0, 0.1) is 24.2 Å². The van der Waals surface area contributed by atoms with E-state index in [-0.39, 0.29) is 23.0 Å². The molecule has 1 N–H and O–H groups in total. The number of hydrogen-bond acceptors (Lipinski definition) is 4. The summed E-state index contributed by atoms with van der Waals surface area (Å²) < 4.78 is 8.45. The first-order chi connectivity index (χ1) is 69.8. The van der Waals surface area contributed by atoms with Crippen molar-refractivity contribution in [1.29, 1.82) is 5.15 Å². The second-order valence-corrected chi connectivity index (χ2v) is 36.2. The van der Waals surface area contributed by atoms with Crippen LogP contribution in [-0.4, -0.2) is 0 Å². The minimum Gasteiger partial charge on any atom is -0.310 e. The van der Waals surface area contributed by atoms with Gasteiger partial charge in [0.05, 0.1) is 11.4 Å². The fraction of sp³-hybridized carbons (Fsp3) is 0.00741. The second kappa shape index (κ2) is 41.6. The van der Waals surface area contributed by atoms with Crippen LogP contribution in [0.5, 0.6) is 0 Å². The van der Waals surface area contributed by atoms with Gasteiger partial charge in [-0.2, -0.15) is 48.0 Å². The van der Waals surface area contributed by atoms with Crippen molar-refractivity contribution in [2.45, 2.75) is 6.92 Å². The van der Waals surface area contributed by atoms with E-state index in [2.05, 4.69) is 553 Å². The van der Waals surface area contributed by atoms with Gasteiger partial charge in [0, 0.05) is 76.7 Å². The Bertz CT molecular complexity index is 8800. The average Bonchev–Trinajstić information content (AvgIpc) is 0.882. The minimum absolute atomic E-state index is 0.